The fourth-order valence-electron chi connectivity index (χ4n) is 11.9. The van der Waals surface area contributed by atoms with Crippen molar-refractivity contribution in [2.24, 2.45) is 0 Å². The van der Waals surface area contributed by atoms with Gasteiger partial charge in [-0.25, -0.2) is 0 Å². The smallest absolute Gasteiger partial charge is 0.0726 e. The molecule has 1 heteroatoms. The van der Waals surface area contributed by atoms with E-state index in [1.54, 1.807) is 0 Å². The molecule has 0 amide bonds. The summed E-state index contributed by atoms with van der Waals surface area (Å²) in [5.41, 5.74) is 23.6. The van der Waals surface area contributed by atoms with E-state index in [0.717, 1.165) is 17.1 Å². The highest BCUT2D eigenvalue weighted by Crippen LogP contribution is 2.64. The van der Waals surface area contributed by atoms with Crippen LogP contribution in [0.3, 0.4) is 0 Å². The summed E-state index contributed by atoms with van der Waals surface area (Å²) in [6.45, 7) is 4.81. The Kier molecular flexibility index (Phi) is 7.64. The minimum atomic E-state index is -0.461. The first kappa shape index (κ1) is 36.0. The normalized spacial score (nSPS) is 14.1. The monoisotopic (exact) mass is 801 g/mol. The molecule has 13 rings (SSSR count). The summed E-state index contributed by atoms with van der Waals surface area (Å²) in [6.07, 6.45) is 0. The number of rotatable bonds is 5. The molecule has 0 saturated carbocycles. The third-order valence-electron chi connectivity index (χ3n) is 14.5. The first-order chi connectivity index (χ1) is 31.0. The Hall–Kier alpha value is -7.74. The molecule has 0 saturated heterocycles. The van der Waals surface area contributed by atoms with Gasteiger partial charge in [0.2, 0.25) is 0 Å². The maximum atomic E-state index is 2.54. The highest BCUT2D eigenvalue weighted by Gasteiger charge is 2.51. The largest absolute Gasteiger partial charge is 0.309 e. The summed E-state index contributed by atoms with van der Waals surface area (Å²) in [5.74, 6) is 0. The lowest BCUT2D eigenvalue weighted by Gasteiger charge is -2.33. The maximum absolute atomic E-state index is 2.54. The van der Waals surface area contributed by atoms with Gasteiger partial charge in [-0.2, -0.15) is 0 Å². The zero-order chi connectivity index (χ0) is 41.9. The van der Waals surface area contributed by atoms with E-state index in [9.17, 15) is 0 Å². The number of nitrogens with zero attached hydrogens (tertiary/aromatic N) is 1. The second-order valence-electron chi connectivity index (χ2n) is 17.9. The van der Waals surface area contributed by atoms with Crippen molar-refractivity contribution in [3.63, 3.8) is 0 Å². The second-order valence-corrected chi connectivity index (χ2v) is 17.9. The quantitative estimate of drug-likeness (QED) is 0.168. The van der Waals surface area contributed by atoms with Gasteiger partial charge in [0.15, 0.2) is 0 Å². The van der Waals surface area contributed by atoms with E-state index in [2.05, 4.69) is 243 Å². The van der Waals surface area contributed by atoms with Gasteiger partial charge in [0.25, 0.3) is 0 Å². The van der Waals surface area contributed by atoms with Crippen LogP contribution in [0.4, 0.5) is 17.1 Å². The number of para-hydroxylation sites is 2. The lowest BCUT2D eigenvalue weighted by atomic mass is 9.70. The lowest BCUT2D eigenvalue weighted by Crippen LogP contribution is -2.26. The Morgan fingerprint density at radius 3 is 1.51 bits per heavy atom. The predicted octanol–water partition coefficient (Wildman–Crippen LogP) is 16.3. The fraction of sp³-hybridized carbons (Fsp3) is 0.0645. The predicted molar refractivity (Wildman–Crippen MR) is 263 cm³/mol. The highest BCUT2D eigenvalue weighted by molar-refractivity contribution is 6.05. The van der Waals surface area contributed by atoms with Crippen LogP contribution in [0.2, 0.25) is 0 Å². The van der Waals surface area contributed by atoms with Crippen LogP contribution in [-0.4, -0.2) is 0 Å². The van der Waals surface area contributed by atoms with Crippen LogP contribution in [0.1, 0.15) is 47.2 Å². The van der Waals surface area contributed by atoms with E-state index in [4.69, 9.17) is 0 Å². The molecule has 1 nitrogen and oxygen atoms in total. The number of anilines is 3. The van der Waals surface area contributed by atoms with E-state index < -0.39 is 5.41 Å². The molecule has 63 heavy (non-hydrogen) atoms. The SMILES string of the molecule is CC1(C)c2cccc(-c3ccccc3N(c3ccc4c(c3)C3(c5ccccc5-c5ccccc53)c3ccccc3-4)c3ccccc3-c3ccccc3)c2-c2ccc3ccccc3c21. The molecule has 0 atom stereocenters. The third kappa shape index (κ3) is 4.88. The molecule has 10 aromatic rings. The van der Waals surface area contributed by atoms with Crippen molar-refractivity contribution < 1.29 is 0 Å². The van der Waals surface area contributed by atoms with Crippen molar-refractivity contribution in [2.45, 2.75) is 24.7 Å². The molecule has 0 fully saturated rings. The molecule has 0 unspecified atom stereocenters. The molecule has 0 bridgehead atoms. The van der Waals surface area contributed by atoms with Gasteiger partial charge < -0.3 is 4.90 Å². The Morgan fingerprint density at radius 2 is 0.825 bits per heavy atom. The van der Waals surface area contributed by atoms with Crippen LogP contribution >= 0.6 is 0 Å². The Morgan fingerprint density at radius 1 is 0.333 bits per heavy atom. The standard InChI is InChI=1S/C62H43N/c1-61(2)55-32-18-28-50(59(55)51-37-35-41-21-6-7-23-44(41)60(51)61)49-27-12-17-34-58(49)63(57-33-16-11-22-43(57)40-19-4-3-5-20-40)42-36-38-48-47-26-10-15-31-54(47)62(56(48)39-42)52-29-13-8-24-45(52)46-25-9-14-30-53(46)62/h3-39H,1-2H3. The van der Waals surface area contributed by atoms with Gasteiger partial charge in [0.1, 0.15) is 0 Å². The lowest BCUT2D eigenvalue weighted by molar-refractivity contribution is 0.666. The van der Waals surface area contributed by atoms with E-state index >= 15 is 0 Å². The molecule has 0 heterocycles. The van der Waals surface area contributed by atoms with Gasteiger partial charge in [-0.3, -0.25) is 0 Å². The topological polar surface area (TPSA) is 3.24 Å². The van der Waals surface area contributed by atoms with Crippen LogP contribution in [0.5, 0.6) is 0 Å². The van der Waals surface area contributed by atoms with Gasteiger partial charge in [0, 0.05) is 22.2 Å². The average molecular weight is 802 g/mol. The van der Waals surface area contributed by atoms with Gasteiger partial charge in [-0.15, -0.1) is 0 Å². The molecule has 0 radical (unpaired) electrons. The van der Waals surface area contributed by atoms with Gasteiger partial charge in [-0.1, -0.05) is 214 Å². The van der Waals surface area contributed by atoms with Crippen molar-refractivity contribution in [1.29, 1.82) is 0 Å². The molecule has 1 spiro atoms. The third-order valence-corrected chi connectivity index (χ3v) is 14.5. The van der Waals surface area contributed by atoms with E-state index in [1.807, 2.05) is 0 Å². The van der Waals surface area contributed by atoms with Crippen LogP contribution in [0.25, 0.3) is 66.4 Å². The van der Waals surface area contributed by atoms with Crippen LogP contribution in [0, 0.1) is 0 Å². The van der Waals surface area contributed by atoms with Crippen molar-refractivity contribution in [2.75, 3.05) is 4.90 Å². The molecule has 0 N–H and O–H groups in total. The number of fused-ring (bicyclic) bond motifs is 15. The minimum absolute atomic E-state index is 0.173. The fourth-order valence-corrected chi connectivity index (χ4v) is 11.9. The van der Waals surface area contributed by atoms with Gasteiger partial charge in [0.05, 0.1) is 16.8 Å². The first-order valence-corrected chi connectivity index (χ1v) is 22.2. The van der Waals surface area contributed by atoms with Gasteiger partial charge in [-0.05, 0) is 113 Å². The second kappa shape index (κ2) is 13.4. The minimum Gasteiger partial charge on any atom is -0.309 e. The van der Waals surface area contributed by atoms with Crippen molar-refractivity contribution in [3.8, 4) is 55.6 Å². The zero-order valence-corrected chi connectivity index (χ0v) is 35.3. The van der Waals surface area contributed by atoms with Crippen molar-refractivity contribution in [1.82, 2.24) is 0 Å². The van der Waals surface area contributed by atoms with E-state index in [1.165, 1.54) is 99.8 Å². The Labute approximate surface area is 369 Å². The van der Waals surface area contributed by atoms with Crippen molar-refractivity contribution >= 4 is 27.8 Å². The number of hydrogen-bond acceptors (Lipinski definition) is 1. The molecule has 296 valence electrons. The summed E-state index contributed by atoms with van der Waals surface area (Å²) in [5, 5.41) is 2.61. The Balaban J connectivity index is 1.10. The number of benzene rings is 10. The Bertz CT molecular complexity index is 3430. The molecule has 3 aliphatic carbocycles. The van der Waals surface area contributed by atoms with Crippen LogP contribution in [0.15, 0.2) is 224 Å². The summed E-state index contributed by atoms with van der Waals surface area (Å²) in [6, 6.07) is 84.0. The molecule has 0 aromatic heterocycles. The average Bonchev–Trinajstić information content (AvgIpc) is 3.91. The van der Waals surface area contributed by atoms with Crippen LogP contribution in [-0.2, 0) is 10.8 Å². The summed E-state index contributed by atoms with van der Waals surface area (Å²) >= 11 is 0. The maximum Gasteiger partial charge on any atom is 0.0726 e. The molecule has 3 aliphatic rings. The summed E-state index contributed by atoms with van der Waals surface area (Å²) < 4.78 is 0. The van der Waals surface area contributed by atoms with E-state index in [0.29, 0.717) is 0 Å². The van der Waals surface area contributed by atoms with Crippen molar-refractivity contribution in [3.05, 3.63) is 258 Å². The summed E-state index contributed by atoms with van der Waals surface area (Å²) in [4.78, 5) is 2.54. The molecule has 10 aromatic carbocycles. The molecular formula is C62H43N. The van der Waals surface area contributed by atoms with Crippen LogP contribution < -0.4 is 4.90 Å². The van der Waals surface area contributed by atoms with Gasteiger partial charge >= 0.3 is 0 Å². The first-order valence-electron chi connectivity index (χ1n) is 22.2. The van der Waals surface area contributed by atoms with E-state index in [-0.39, 0.29) is 5.41 Å². The highest BCUT2D eigenvalue weighted by atomic mass is 15.1. The molecular weight excluding hydrogens is 759 g/mol. The zero-order valence-electron chi connectivity index (χ0n) is 35.3. The number of hydrogen-bond donors (Lipinski definition) is 0. The summed E-state index contributed by atoms with van der Waals surface area (Å²) in [7, 11) is 0. The molecule has 0 aliphatic heterocycles.